The number of carbonyl (C=O) groups excluding carboxylic acids is 1. The van der Waals surface area contributed by atoms with Crippen LogP contribution >= 0.6 is 23.2 Å². The Balaban J connectivity index is 1.02. The van der Waals surface area contributed by atoms with Gasteiger partial charge in [-0.25, -0.2) is 14.6 Å². The Morgan fingerprint density at radius 2 is 1.73 bits per heavy atom. The van der Waals surface area contributed by atoms with Crippen LogP contribution in [-0.2, 0) is 19.5 Å². The highest BCUT2D eigenvalue weighted by Crippen LogP contribution is 2.30. The second-order valence-corrected chi connectivity index (χ2v) is 11.9. The van der Waals surface area contributed by atoms with E-state index < -0.39 is 0 Å². The van der Waals surface area contributed by atoms with E-state index in [1.54, 1.807) is 29.1 Å². The van der Waals surface area contributed by atoms with Crippen molar-refractivity contribution in [3.8, 4) is 5.69 Å². The van der Waals surface area contributed by atoms with Gasteiger partial charge in [-0.05, 0) is 54.3 Å². The molecule has 0 bridgehead atoms. The van der Waals surface area contributed by atoms with E-state index in [1.807, 2.05) is 18.6 Å². The number of pyridine rings is 1. The van der Waals surface area contributed by atoms with Gasteiger partial charge in [-0.15, -0.1) is 5.10 Å². The highest BCUT2D eigenvalue weighted by atomic mass is 35.5. The third-order valence-electron chi connectivity index (χ3n) is 8.33. The molecule has 1 atom stereocenters. The second kappa shape index (κ2) is 12.4. The fourth-order valence-electron chi connectivity index (χ4n) is 6.01. The van der Waals surface area contributed by atoms with Gasteiger partial charge in [0.25, 0.3) is 5.91 Å². The van der Waals surface area contributed by atoms with Crippen LogP contribution in [0, 0.1) is 0 Å². The summed E-state index contributed by atoms with van der Waals surface area (Å²) in [7, 11) is 0. The molecule has 5 heterocycles. The molecule has 1 N–H and O–H groups in total. The molecular formula is C32H31Cl2N9O. The molecule has 0 spiro atoms. The Morgan fingerprint density at radius 3 is 2.52 bits per heavy atom. The van der Waals surface area contributed by atoms with Crippen molar-refractivity contribution >= 4 is 34.8 Å². The fraction of sp³-hybridized carbons (Fsp3) is 0.281. The normalized spacial score (nSPS) is 16.7. The van der Waals surface area contributed by atoms with E-state index in [-0.39, 0.29) is 17.8 Å². The molecule has 2 aliphatic heterocycles. The van der Waals surface area contributed by atoms with Crippen molar-refractivity contribution in [3.05, 3.63) is 118 Å². The number of rotatable bonds is 7. The molecule has 224 valence electrons. The lowest BCUT2D eigenvalue weighted by Crippen LogP contribution is -2.45. The average molecular weight is 629 g/mol. The molecule has 3 aromatic heterocycles. The summed E-state index contributed by atoms with van der Waals surface area (Å²) in [5, 5.41) is 8.58. The summed E-state index contributed by atoms with van der Waals surface area (Å²) in [6.07, 6.45) is 10.5. The quantitative estimate of drug-likeness (QED) is 0.273. The molecule has 1 unspecified atom stereocenters. The molecule has 1 amide bonds. The van der Waals surface area contributed by atoms with Gasteiger partial charge in [0.2, 0.25) is 5.82 Å². The van der Waals surface area contributed by atoms with Gasteiger partial charge in [-0.1, -0.05) is 41.4 Å². The number of nitrogens with zero attached hydrogens (tertiary/aromatic N) is 8. The minimum Gasteiger partial charge on any atom is -0.369 e. The first-order valence-corrected chi connectivity index (χ1v) is 15.4. The van der Waals surface area contributed by atoms with Crippen molar-refractivity contribution in [2.24, 2.45) is 0 Å². The summed E-state index contributed by atoms with van der Waals surface area (Å²) in [5.74, 6) is 0.521. The molecule has 7 rings (SSSR count). The monoisotopic (exact) mass is 627 g/mol. The number of aromatic nitrogens is 6. The predicted octanol–water partition coefficient (Wildman–Crippen LogP) is 4.95. The first-order chi connectivity index (χ1) is 21.5. The first-order valence-electron chi connectivity index (χ1n) is 14.7. The Bertz CT molecular complexity index is 1760. The van der Waals surface area contributed by atoms with Gasteiger partial charge in [-0.3, -0.25) is 14.7 Å². The van der Waals surface area contributed by atoms with Crippen molar-refractivity contribution in [2.75, 3.05) is 31.1 Å². The molecule has 0 saturated carbocycles. The topological polar surface area (TPSA) is 97.0 Å². The maximum atomic E-state index is 13.3. The van der Waals surface area contributed by atoms with Crippen LogP contribution in [0.1, 0.15) is 45.6 Å². The third kappa shape index (κ3) is 5.93. The number of amides is 1. The van der Waals surface area contributed by atoms with Gasteiger partial charge in [0.1, 0.15) is 12.2 Å². The van der Waals surface area contributed by atoms with Gasteiger partial charge >= 0.3 is 0 Å². The minimum absolute atomic E-state index is 0.0827. The number of piperazine rings is 1. The highest BCUT2D eigenvalue weighted by molar-refractivity contribution is 6.35. The molecule has 10 nitrogen and oxygen atoms in total. The van der Waals surface area contributed by atoms with E-state index in [2.05, 4.69) is 70.1 Å². The molecule has 2 aliphatic rings. The van der Waals surface area contributed by atoms with Crippen LogP contribution in [0.4, 0.5) is 5.69 Å². The maximum absolute atomic E-state index is 13.3. The number of aryl methyl sites for hydroxylation is 1. The molecule has 0 aliphatic carbocycles. The molecule has 1 saturated heterocycles. The Hall–Kier alpha value is -4.25. The van der Waals surface area contributed by atoms with Crippen LogP contribution in [0.2, 0.25) is 10.0 Å². The molecule has 44 heavy (non-hydrogen) atoms. The summed E-state index contributed by atoms with van der Waals surface area (Å²) in [5.41, 5.74) is 5.55. The smallest absolute Gasteiger partial charge is 0.291 e. The molecule has 12 heteroatoms. The van der Waals surface area contributed by atoms with Crippen LogP contribution < -0.4 is 10.2 Å². The SMILES string of the molecule is O=C(NC1CCc2ccc(CN3CCN(c4ccncc4)CC3)cc2-n2ccnc21)c1ncn(Cc2c(Cl)cccc2Cl)n1. The average Bonchev–Trinajstić information content (AvgIpc) is 3.70. The molecule has 1 fully saturated rings. The van der Waals surface area contributed by atoms with Crippen molar-refractivity contribution < 1.29 is 4.79 Å². The second-order valence-electron chi connectivity index (χ2n) is 11.1. The summed E-state index contributed by atoms with van der Waals surface area (Å²) in [6.45, 7) is 5.17. The number of hydrogen-bond acceptors (Lipinski definition) is 7. The number of anilines is 1. The van der Waals surface area contributed by atoms with Crippen molar-refractivity contribution in [1.82, 2.24) is 39.5 Å². The number of halogens is 2. The number of fused-ring (bicyclic) bond motifs is 3. The highest BCUT2D eigenvalue weighted by Gasteiger charge is 2.27. The number of hydrogen-bond donors (Lipinski definition) is 1. The van der Waals surface area contributed by atoms with Gasteiger partial charge in [-0.2, -0.15) is 0 Å². The lowest BCUT2D eigenvalue weighted by atomic mass is 10.0. The zero-order valence-corrected chi connectivity index (χ0v) is 25.5. The minimum atomic E-state index is -0.355. The van der Waals surface area contributed by atoms with E-state index in [9.17, 15) is 4.79 Å². The summed E-state index contributed by atoms with van der Waals surface area (Å²) < 4.78 is 3.66. The standard InChI is InChI=1S/C32H31Cl2N9O/c33-26-2-1-3-27(34)25(26)20-42-21-37-30(39-42)32(44)38-28-7-6-23-5-4-22(18-29(23)43-13-12-36-31(28)43)19-40-14-16-41(17-15-40)24-8-10-35-11-9-24/h1-5,8-13,18,21,28H,6-7,14-17,19-20H2,(H,38,44). The van der Waals surface area contributed by atoms with Gasteiger partial charge in [0.15, 0.2) is 0 Å². The molecule has 0 radical (unpaired) electrons. The Labute approximate surface area is 265 Å². The number of nitrogens with one attached hydrogen (secondary N) is 1. The number of benzene rings is 2. The Morgan fingerprint density at radius 1 is 0.932 bits per heavy atom. The summed E-state index contributed by atoms with van der Waals surface area (Å²) in [4.78, 5) is 31.2. The first kappa shape index (κ1) is 28.5. The van der Waals surface area contributed by atoms with Gasteiger partial charge in [0, 0.05) is 78.8 Å². The van der Waals surface area contributed by atoms with Crippen LogP contribution in [0.3, 0.4) is 0 Å². The largest absolute Gasteiger partial charge is 0.369 e. The predicted molar refractivity (Wildman–Crippen MR) is 169 cm³/mol. The van der Waals surface area contributed by atoms with E-state index in [0.717, 1.165) is 56.2 Å². The van der Waals surface area contributed by atoms with Gasteiger partial charge < -0.3 is 14.8 Å². The van der Waals surface area contributed by atoms with E-state index in [0.29, 0.717) is 23.0 Å². The molecular weight excluding hydrogens is 597 g/mol. The molecule has 2 aromatic carbocycles. The summed E-state index contributed by atoms with van der Waals surface area (Å²) in [6, 6.07) is 15.9. The van der Waals surface area contributed by atoms with Crippen molar-refractivity contribution in [3.63, 3.8) is 0 Å². The third-order valence-corrected chi connectivity index (χ3v) is 9.03. The molecule has 5 aromatic rings. The fourth-order valence-corrected chi connectivity index (χ4v) is 6.52. The maximum Gasteiger partial charge on any atom is 0.291 e. The lowest BCUT2D eigenvalue weighted by Gasteiger charge is -2.36. The zero-order chi connectivity index (χ0) is 30.0. The van der Waals surface area contributed by atoms with Crippen molar-refractivity contribution in [1.29, 1.82) is 0 Å². The number of imidazole rings is 1. The van der Waals surface area contributed by atoms with Crippen molar-refractivity contribution in [2.45, 2.75) is 32.0 Å². The number of carbonyl (C=O) groups is 1. The van der Waals surface area contributed by atoms with Crippen LogP contribution in [0.15, 0.2) is 79.6 Å². The van der Waals surface area contributed by atoms with E-state index in [4.69, 9.17) is 23.2 Å². The van der Waals surface area contributed by atoms with E-state index in [1.165, 1.54) is 23.1 Å². The van der Waals surface area contributed by atoms with Crippen LogP contribution in [0.5, 0.6) is 0 Å². The van der Waals surface area contributed by atoms with E-state index >= 15 is 0 Å². The zero-order valence-electron chi connectivity index (χ0n) is 24.0. The van der Waals surface area contributed by atoms with Crippen LogP contribution in [-0.4, -0.2) is 66.3 Å². The van der Waals surface area contributed by atoms with Gasteiger partial charge in [0.05, 0.1) is 18.3 Å². The van der Waals surface area contributed by atoms with Crippen LogP contribution in [0.25, 0.3) is 5.69 Å². The Kier molecular flexibility index (Phi) is 8.03. The summed E-state index contributed by atoms with van der Waals surface area (Å²) >= 11 is 12.6. The lowest BCUT2D eigenvalue weighted by molar-refractivity contribution is 0.0922.